The van der Waals surface area contributed by atoms with Gasteiger partial charge in [-0.1, -0.05) is 0 Å². The summed E-state index contributed by atoms with van der Waals surface area (Å²) in [4.78, 5) is 0. The van der Waals surface area contributed by atoms with Gasteiger partial charge in [0.2, 0.25) is 0 Å². The molecule has 4 heteroatoms. The summed E-state index contributed by atoms with van der Waals surface area (Å²) < 4.78 is 11.3. The Morgan fingerprint density at radius 2 is 1.64 bits per heavy atom. The van der Waals surface area contributed by atoms with Crippen LogP contribution in [0.15, 0.2) is 0 Å². The van der Waals surface area contributed by atoms with E-state index in [4.69, 9.17) is 5.73 Å². The Hall–Kier alpha value is -0.190. The van der Waals surface area contributed by atoms with Gasteiger partial charge in [-0.05, 0) is 38.9 Å². The Morgan fingerprint density at radius 1 is 1.00 bits per heavy atom. The molecule has 0 fully saturated rings. The van der Waals surface area contributed by atoms with E-state index in [0.717, 1.165) is 38.9 Å². The first-order chi connectivity index (χ1) is 5.41. The SMILES string of the molecule is NCCCNCCCCNF. The van der Waals surface area contributed by atoms with Crippen LogP contribution in [0.2, 0.25) is 0 Å². The lowest BCUT2D eigenvalue weighted by atomic mass is 10.3. The molecule has 0 aliphatic carbocycles. The van der Waals surface area contributed by atoms with Crippen molar-refractivity contribution in [3.63, 3.8) is 0 Å². The summed E-state index contributed by atoms with van der Waals surface area (Å²) in [6, 6.07) is 0. The minimum atomic E-state index is 0.457. The number of hydrogen-bond acceptors (Lipinski definition) is 3. The van der Waals surface area contributed by atoms with Crippen LogP contribution < -0.4 is 16.6 Å². The van der Waals surface area contributed by atoms with Crippen LogP contribution in [0.3, 0.4) is 0 Å². The molecule has 0 atom stereocenters. The third-order valence-corrected chi connectivity index (χ3v) is 1.43. The fourth-order valence-electron chi connectivity index (χ4n) is 0.794. The fourth-order valence-corrected chi connectivity index (χ4v) is 0.794. The molecule has 4 N–H and O–H groups in total. The highest BCUT2D eigenvalue weighted by atomic mass is 19.2. The van der Waals surface area contributed by atoms with Gasteiger partial charge in [0.25, 0.3) is 0 Å². The van der Waals surface area contributed by atoms with Crippen LogP contribution in [0.25, 0.3) is 0 Å². The predicted octanol–water partition coefficient (Wildman–Crippen LogP) is 0.179. The summed E-state index contributed by atoms with van der Waals surface area (Å²) >= 11 is 0. The van der Waals surface area contributed by atoms with Crippen molar-refractivity contribution >= 4 is 0 Å². The smallest absolute Gasteiger partial charge is 0.0260 e. The van der Waals surface area contributed by atoms with Crippen molar-refractivity contribution in [1.29, 1.82) is 0 Å². The molecule has 0 amide bonds. The van der Waals surface area contributed by atoms with Crippen molar-refractivity contribution in [2.24, 2.45) is 5.73 Å². The van der Waals surface area contributed by atoms with Crippen LogP contribution in [0.5, 0.6) is 0 Å². The zero-order valence-electron chi connectivity index (χ0n) is 6.91. The van der Waals surface area contributed by atoms with Gasteiger partial charge in [-0.3, -0.25) is 0 Å². The van der Waals surface area contributed by atoms with Crippen LogP contribution in [0.4, 0.5) is 4.48 Å². The molecule has 0 radical (unpaired) electrons. The summed E-state index contributed by atoms with van der Waals surface area (Å²) in [5.41, 5.74) is 6.91. The first kappa shape index (κ1) is 10.8. The average molecular weight is 163 g/mol. The van der Waals surface area contributed by atoms with Crippen molar-refractivity contribution in [1.82, 2.24) is 10.9 Å². The highest BCUT2D eigenvalue weighted by Crippen LogP contribution is 1.84. The molecule has 68 valence electrons. The number of rotatable bonds is 8. The molecule has 0 spiro atoms. The molecular formula is C7H18FN3. The van der Waals surface area contributed by atoms with Crippen molar-refractivity contribution in [3.05, 3.63) is 0 Å². The van der Waals surface area contributed by atoms with E-state index in [1.807, 2.05) is 0 Å². The van der Waals surface area contributed by atoms with Crippen LogP contribution in [0.1, 0.15) is 19.3 Å². The van der Waals surface area contributed by atoms with E-state index >= 15 is 0 Å². The van der Waals surface area contributed by atoms with E-state index in [2.05, 4.69) is 5.32 Å². The molecule has 0 bridgehead atoms. The largest absolute Gasteiger partial charge is 0.330 e. The Kier molecular flexibility index (Phi) is 9.64. The molecule has 3 nitrogen and oxygen atoms in total. The molecule has 11 heavy (non-hydrogen) atoms. The van der Waals surface area contributed by atoms with E-state index in [1.165, 1.54) is 0 Å². The second kappa shape index (κ2) is 9.81. The third kappa shape index (κ3) is 9.81. The van der Waals surface area contributed by atoms with Crippen LogP contribution in [-0.2, 0) is 0 Å². The molecule has 0 unspecified atom stereocenters. The second-order valence-electron chi connectivity index (χ2n) is 2.48. The topological polar surface area (TPSA) is 50.1 Å². The Balaban J connectivity index is 2.69. The van der Waals surface area contributed by atoms with Crippen molar-refractivity contribution in [3.8, 4) is 0 Å². The minimum absolute atomic E-state index is 0.457. The van der Waals surface area contributed by atoms with E-state index in [0.29, 0.717) is 6.54 Å². The minimum Gasteiger partial charge on any atom is -0.330 e. The van der Waals surface area contributed by atoms with Crippen LogP contribution >= 0.6 is 0 Å². The molecule has 0 aromatic heterocycles. The number of nitrogens with one attached hydrogen (secondary N) is 2. The van der Waals surface area contributed by atoms with Gasteiger partial charge >= 0.3 is 0 Å². The molecule has 0 aliphatic rings. The summed E-state index contributed by atoms with van der Waals surface area (Å²) in [7, 11) is 0. The third-order valence-electron chi connectivity index (χ3n) is 1.43. The van der Waals surface area contributed by atoms with Gasteiger partial charge in [-0.15, -0.1) is 4.48 Å². The second-order valence-corrected chi connectivity index (χ2v) is 2.48. The first-order valence-corrected chi connectivity index (χ1v) is 4.16. The Bertz CT molecular complexity index is 62.7. The summed E-state index contributed by atoms with van der Waals surface area (Å²) in [5.74, 6) is 0. The number of unbranched alkanes of at least 4 members (excludes halogenated alkanes) is 1. The van der Waals surface area contributed by atoms with Gasteiger partial charge in [0.1, 0.15) is 0 Å². The molecule has 0 aromatic carbocycles. The quantitative estimate of drug-likeness (QED) is 0.353. The number of hydrogen-bond donors (Lipinski definition) is 3. The van der Waals surface area contributed by atoms with E-state index in [9.17, 15) is 4.48 Å². The first-order valence-electron chi connectivity index (χ1n) is 4.16. The zero-order chi connectivity index (χ0) is 8.36. The van der Waals surface area contributed by atoms with Gasteiger partial charge in [0, 0.05) is 6.54 Å². The highest BCUT2D eigenvalue weighted by molar-refractivity contribution is 4.49. The maximum absolute atomic E-state index is 11.3. The fraction of sp³-hybridized carbons (Fsp3) is 1.00. The van der Waals surface area contributed by atoms with Crippen molar-refractivity contribution < 1.29 is 4.48 Å². The normalized spacial score (nSPS) is 10.4. The van der Waals surface area contributed by atoms with E-state index < -0.39 is 0 Å². The number of halogens is 1. The van der Waals surface area contributed by atoms with E-state index in [1.54, 1.807) is 5.54 Å². The zero-order valence-corrected chi connectivity index (χ0v) is 6.91. The lowest BCUT2D eigenvalue weighted by molar-refractivity contribution is 0.328. The molecule has 0 saturated carbocycles. The van der Waals surface area contributed by atoms with Gasteiger partial charge in [-0.25, -0.2) is 0 Å². The van der Waals surface area contributed by atoms with Gasteiger partial charge < -0.3 is 11.1 Å². The van der Waals surface area contributed by atoms with Crippen LogP contribution in [0, 0.1) is 0 Å². The summed E-state index contributed by atoms with van der Waals surface area (Å²) in [6.45, 7) is 3.12. The van der Waals surface area contributed by atoms with Gasteiger partial charge in [0.15, 0.2) is 0 Å². The molecule has 0 aromatic rings. The maximum atomic E-state index is 11.3. The predicted molar refractivity (Wildman–Crippen MR) is 44.9 cm³/mol. The van der Waals surface area contributed by atoms with Gasteiger partial charge in [-0.2, -0.15) is 5.54 Å². The van der Waals surface area contributed by atoms with Crippen LogP contribution in [-0.4, -0.2) is 26.2 Å². The van der Waals surface area contributed by atoms with Gasteiger partial charge in [0.05, 0.1) is 0 Å². The van der Waals surface area contributed by atoms with Crippen molar-refractivity contribution in [2.45, 2.75) is 19.3 Å². The van der Waals surface area contributed by atoms with Crippen molar-refractivity contribution in [2.75, 3.05) is 26.2 Å². The summed E-state index contributed by atoms with van der Waals surface area (Å²) in [5, 5.41) is 3.21. The molecule has 0 aliphatic heterocycles. The average Bonchev–Trinajstić information content (AvgIpc) is 2.03. The Labute approximate surface area is 67.5 Å². The lowest BCUT2D eigenvalue weighted by Crippen LogP contribution is -2.20. The molecular weight excluding hydrogens is 145 g/mol. The highest BCUT2D eigenvalue weighted by Gasteiger charge is 1.87. The molecule has 0 heterocycles. The maximum Gasteiger partial charge on any atom is 0.0260 e. The molecule has 0 saturated heterocycles. The van der Waals surface area contributed by atoms with E-state index in [-0.39, 0.29) is 0 Å². The molecule has 0 rings (SSSR count). The standard InChI is InChI=1S/C7H18FN3/c8-11-7-2-1-5-10-6-3-4-9/h10-11H,1-7,9H2. The Morgan fingerprint density at radius 3 is 2.27 bits per heavy atom. The monoisotopic (exact) mass is 163 g/mol. The lowest BCUT2D eigenvalue weighted by Gasteiger charge is -2.01. The number of nitrogens with two attached hydrogens (primary N) is 1. The summed E-state index contributed by atoms with van der Waals surface area (Å²) in [6.07, 6.45) is 2.91.